The molecule has 0 spiro atoms. The van der Waals surface area contributed by atoms with Crippen LogP contribution in [0.15, 0.2) is 28.7 Å². The molecule has 2 atom stereocenters. The largest absolute Gasteiger partial charge is 0.462 e. The number of esters is 2. The molecule has 0 aliphatic carbocycles. The Bertz CT molecular complexity index is 524. The van der Waals surface area contributed by atoms with Gasteiger partial charge in [0.05, 0.1) is 0 Å². The molecule has 1 fully saturated rings. The zero-order chi connectivity index (χ0) is 14.9. The lowest BCUT2D eigenvalue weighted by molar-refractivity contribution is -0.162. The maximum Gasteiger partial charge on any atom is 0.348 e. The van der Waals surface area contributed by atoms with Gasteiger partial charge in [-0.3, -0.25) is 4.79 Å². The van der Waals surface area contributed by atoms with Gasteiger partial charge in [-0.1, -0.05) is 57.8 Å². The summed E-state index contributed by atoms with van der Waals surface area (Å²) in [5, 5.41) is 0. The number of hydrogen-bond acceptors (Lipinski definition) is 4. The van der Waals surface area contributed by atoms with Crippen LogP contribution in [0.4, 0.5) is 0 Å². The molecular weight excluding hydrogens is 392 g/mol. The highest BCUT2D eigenvalue weighted by atomic mass is 79.9. The number of carbonyl (C=O) groups is 2. The van der Waals surface area contributed by atoms with Crippen LogP contribution in [0, 0.1) is 5.41 Å². The third kappa shape index (κ3) is 3.23. The molecule has 0 aromatic heterocycles. The second-order valence-corrected chi connectivity index (χ2v) is 7.16. The van der Waals surface area contributed by atoms with Crippen molar-refractivity contribution in [1.29, 1.82) is 0 Å². The van der Waals surface area contributed by atoms with Gasteiger partial charge in [-0.2, -0.15) is 0 Å². The highest BCUT2D eigenvalue weighted by molar-refractivity contribution is 9.10. The number of cyclic esters (lactones) is 1. The Morgan fingerprint density at radius 1 is 1.40 bits per heavy atom. The van der Waals surface area contributed by atoms with Crippen molar-refractivity contribution in [2.24, 2.45) is 5.41 Å². The molecule has 1 heterocycles. The topological polar surface area (TPSA) is 52.6 Å². The second kappa shape index (κ2) is 5.85. The van der Waals surface area contributed by atoms with Gasteiger partial charge in [0.2, 0.25) is 6.10 Å². The first-order valence-corrected chi connectivity index (χ1v) is 7.79. The number of hydrogen-bond donors (Lipinski definition) is 0. The number of rotatable bonds is 3. The lowest BCUT2D eigenvalue weighted by Crippen LogP contribution is -2.35. The summed E-state index contributed by atoms with van der Waals surface area (Å²) in [5.74, 6) is -0.983. The molecule has 0 saturated carbocycles. The monoisotopic (exact) mass is 404 g/mol. The van der Waals surface area contributed by atoms with Gasteiger partial charge in [0, 0.05) is 9.89 Å². The third-order valence-electron chi connectivity index (χ3n) is 3.11. The van der Waals surface area contributed by atoms with Gasteiger partial charge in [0.25, 0.3) is 0 Å². The minimum atomic E-state index is -0.856. The van der Waals surface area contributed by atoms with E-state index in [-0.39, 0.29) is 6.61 Å². The van der Waals surface area contributed by atoms with Crippen molar-refractivity contribution in [3.05, 3.63) is 34.3 Å². The normalized spacial score (nSPS) is 22.2. The number of benzene rings is 1. The van der Waals surface area contributed by atoms with E-state index in [1.54, 1.807) is 0 Å². The standard InChI is InChI=1S/C14H14Br2O4/c1-14(2)7-19-13(18)11(14)20-12(17)10(16)8-3-5-9(15)6-4-8/h3-6,10-11H,7H2,1-2H3/t10?,11-/m0/s1. The van der Waals surface area contributed by atoms with Gasteiger partial charge in [-0.15, -0.1) is 0 Å². The quantitative estimate of drug-likeness (QED) is 0.571. The molecule has 0 N–H and O–H groups in total. The molecule has 0 amide bonds. The molecule has 6 heteroatoms. The summed E-state index contributed by atoms with van der Waals surface area (Å²) in [5.41, 5.74) is 0.265. The van der Waals surface area contributed by atoms with Crippen molar-refractivity contribution in [1.82, 2.24) is 0 Å². The molecule has 1 unspecified atom stereocenters. The van der Waals surface area contributed by atoms with Crippen LogP contribution in [-0.4, -0.2) is 24.6 Å². The van der Waals surface area contributed by atoms with Crippen LogP contribution in [0.5, 0.6) is 0 Å². The smallest absolute Gasteiger partial charge is 0.348 e. The van der Waals surface area contributed by atoms with Crippen molar-refractivity contribution in [3.63, 3.8) is 0 Å². The summed E-state index contributed by atoms with van der Waals surface area (Å²) < 4.78 is 11.2. The van der Waals surface area contributed by atoms with Crippen LogP contribution < -0.4 is 0 Å². The lowest BCUT2D eigenvalue weighted by Gasteiger charge is -2.22. The fourth-order valence-corrected chi connectivity index (χ4v) is 2.56. The van der Waals surface area contributed by atoms with E-state index in [4.69, 9.17) is 9.47 Å². The van der Waals surface area contributed by atoms with Crippen LogP contribution in [-0.2, 0) is 19.1 Å². The van der Waals surface area contributed by atoms with Gasteiger partial charge >= 0.3 is 11.9 Å². The Balaban J connectivity index is 2.08. The van der Waals surface area contributed by atoms with Gasteiger partial charge in [0.15, 0.2) is 0 Å². The first kappa shape index (κ1) is 15.5. The van der Waals surface area contributed by atoms with Crippen molar-refractivity contribution >= 4 is 43.8 Å². The number of alkyl halides is 1. The molecule has 2 rings (SSSR count). The molecular formula is C14H14Br2O4. The maximum atomic E-state index is 12.1. The predicted molar refractivity (Wildman–Crippen MR) is 80.4 cm³/mol. The number of carbonyl (C=O) groups excluding carboxylic acids is 2. The Morgan fingerprint density at radius 3 is 2.50 bits per heavy atom. The highest BCUT2D eigenvalue weighted by Crippen LogP contribution is 2.33. The number of halogens is 2. The molecule has 1 saturated heterocycles. The SMILES string of the molecule is CC1(C)COC(=O)[C@@H]1OC(=O)C(Br)c1ccc(Br)cc1. The van der Waals surface area contributed by atoms with Crippen LogP contribution in [0.1, 0.15) is 24.2 Å². The zero-order valence-corrected chi connectivity index (χ0v) is 14.2. The molecule has 0 bridgehead atoms. The van der Waals surface area contributed by atoms with Crippen LogP contribution >= 0.6 is 31.9 Å². The predicted octanol–water partition coefficient (Wildman–Crippen LogP) is 3.38. The van der Waals surface area contributed by atoms with Crippen LogP contribution in [0.3, 0.4) is 0 Å². The minimum absolute atomic E-state index is 0.259. The Kier molecular flexibility index (Phi) is 4.54. The molecule has 4 nitrogen and oxygen atoms in total. The van der Waals surface area contributed by atoms with Gasteiger partial charge in [-0.25, -0.2) is 4.79 Å². The Morgan fingerprint density at radius 2 is 2.00 bits per heavy atom. The first-order valence-electron chi connectivity index (χ1n) is 6.08. The van der Waals surface area contributed by atoms with E-state index in [0.29, 0.717) is 0 Å². The molecule has 1 aliphatic heterocycles. The van der Waals surface area contributed by atoms with E-state index < -0.39 is 28.3 Å². The van der Waals surface area contributed by atoms with E-state index in [0.717, 1.165) is 10.0 Å². The molecule has 20 heavy (non-hydrogen) atoms. The minimum Gasteiger partial charge on any atom is -0.462 e. The van der Waals surface area contributed by atoms with Gasteiger partial charge in [0.1, 0.15) is 11.4 Å². The summed E-state index contributed by atoms with van der Waals surface area (Å²) in [6.45, 7) is 3.92. The average molecular weight is 406 g/mol. The summed E-state index contributed by atoms with van der Waals surface area (Å²) in [7, 11) is 0. The van der Waals surface area contributed by atoms with Crippen molar-refractivity contribution in [2.75, 3.05) is 6.61 Å². The fourth-order valence-electron chi connectivity index (χ4n) is 1.88. The summed E-state index contributed by atoms with van der Waals surface area (Å²) in [6.07, 6.45) is -0.856. The summed E-state index contributed by atoms with van der Waals surface area (Å²) in [6, 6.07) is 7.29. The summed E-state index contributed by atoms with van der Waals surface area (Å²) >= 11 is 6.63. The van der Waals surface area contributed by atoms with E-state index in [9.17, 15) is 9.59 Å². The lowest BCUT2D eigenvalue weighted by atomic mass is 9.90. The zero-order valence-electron chi connectivity index (χ0n) is 11.1. The van der Waals surface area contributed by atoms with Crippen molar-refractivity contribution in [2.45, 2.75) is 24.8 Å². The van der Waals surface area contributed by atoms with Crippen molar-refractivity contribution in [3.8, 4) is 0 Å². The average Bonchev–Trinajstić information content (AvgIpc) is 2.65. The van der Waals surface area contributed by atoms with Gasteiger partial charge < -0.3 is 9.47 Å². The van der Waals surface area contributed by atoms with Gasteiger partial charge in [-0.05, 0) is 17.7 Å². The van der Waals surface area contributed by atoms with E-state index in [1.807, 2.05) is 38.1 Å². The van der Waals surface area contributed by atoms with Crippen molar-refractivity contribution < 1.29 is 19.1 Å². The first-order chi connectivity index (χ1) is 9.31. The molecule has 1 aliphatic rings. The molecule has 1 aromatic carbocycles. The van der Waals surface area contributed by atoms with E-state index in [1.165, 1.54) is 0 Å². The maximum absolute atomic E-state index is 12.1. The van der Waals surface area contributed by atoms with E-state index in [2.05, 4.69) is 31.9 Å². The van der Waals surface area contributed by atoms with Crippen LogP contribution in [0.2, 0.25) is 0 Å². The third-order valence-corrected chi connectivity index (χ3v) is 4.55. The van der Waals surface area contributed by atoms with Crippen LogP contribution in [0.25, 0.3) is 0 Å². The molecule has 0 radical (unpaired) electrons. The molecule has 1 aromatic rings. The Labute approximate surface area is 134 Å². The fraction of sp³-hybridized carbons (Fsp3) is 0.429. The highest BCUT2D eigenvalue weighted by Gasteiger charge is 2.47. The second-order valence-electron chi connectivity index (χ2n) is 5.33. The summed E-state index contributed by atoms with van der Waals surface area (Å²) in [4.78, 5) is 23.1. The van der Waals surface area contributed by atoms with E-state index >= 15 is 0 Å². The number of ether oxygens (including phenoxy) is 2. The Hall–Kier alpha value is -0.880. The molecule has 108 valence electrons.